The number of hydrogen-bond acceptors (Lipinski definition) is 1. The molecule has 82 valence electrons. The van der Waals surface area contributed by atoms with Gasteiger partial charge in [-0.25, -0.2) is 0 Å². The van der Waals surface area contributed by atoms with Gasteiger partial charge in [0.2, 0.25) is 0 Å². The molecule has 0 bridgehead atoms. The van der Waals surface area contributed by atoms with E-state index in [1.807, 2.05) is 0 Å². The van der Waals surface area contributed by atoms with Gasteiger partial charge in [-0.3, -0.25) is 4.90 Å². The third-order valence-corrected chi connectivity index (χ3v) is 3.50. The van der Waals surface area contributed by atoms with Crippen molar-refractivity contribution in [3.05, 3.63) is 35.9 Å². The molecule has 0 unspecified atom stereocenters. The second-order valence-electron chi connectivity index (χ2n) is 5.01. The van der Waals surface area contributed by atoms with Crippen molar-refractivity contribution in [1.82, 2.24) is 4.90 Å². The van der Waals surface area contributed by atoms with Gasteiger partial charge in [-0.1, -0.05) is 44.2 Å². The van der Waals surface area contributed by atoms with Gasteiger partial charge >= 0.3 is 0 Å². The lowest BCUT2D eigenvalue weighted by molar-refractivity contribution is 0.297. The van der Waals surface area contributed by atoms with Crippen LogP contribution in [0.15, 0.2) is 30.3 Å². The van der Waals surface area contributed by atoms with Crippen molar-refractivity contribution in [2.24, 2.45) is 11.8 Å². The molecular weight excluding hydrogens is 182 g/mol. The third kappa shape index (κ3) is 2.82. The van der Waals surface area contributed by atoms with Crippen molar-refractivity contribution in [2.75, 3.05) is 13.1 Å². The molecule has 0 amide bonds. The molecule has 1 aliphatic rings. The van der Waals surface area contributed by atoms with Gasteiger partial charge in [0.25, 0.3) is 0 Å². The van der Waals surface area contributed by atoms with Crippen LogP contribution in [0.5, 0.6) is 0 Å². The van der Waals surface area contributed by atoms with Crippen LogP contribution in [0.25, 0.3) is 0 Å². The van der Waals surface area contributed by atoms with Crippen molar-refractivity contribution >= 4 is 0 Å². The summed E-state index contributed by atoms with van der Waals surface area (Å²) in [5.41, 5.74) is 1.45. The van der Waals surface area contributed by atoms with Crippen molar-refractivity contribution in [3.63, 3.8) is 0 Å². The fourth-order valence-corrected chi connectivity index (χ4v) is 2.39. The molecule has 15 heavy (non-hydrogen) atoms. The molecule has 0 saturated carbocycles. The molecule has 0 radical (unpaired) electrons. The fourth-order valence-electron chi connectivity index (χ4n) is 2.39. The molecule has 0 spiro atoms. The highest BCUT2D eigenvalue weighted by Crippen LogP contribution is 2.24. The maximum atomic E-state index is 2.58. The van der Waals surface area contributed by atoms with Crippen LogP contribution in [0.1, 0.15) is 25.8 Å². The second-order valence-corrected chi connectivity index (χ2v) is 5.01. The van der Waals surface area contributed by atoms with Gasteiger partial charge in [-0.15, -0.1) is 0 Å². The smallest absolute Gasteiger partial charge is 0.0233 e. The highest BCUT2D eigenvalue weighted by molar-refractivity contribution is 5.14. The predicted molar refractivity (Wildman–Crippen MR) is 64.7 cm³/mol. The number of rotatable bonds is 3. The van der Waals surface area contributed by atoms with Gasteiger partial charge in [0.05, 0.1) is 0 Å². The van der Waals surface area contributed by atoms with Gasteiger partial charge < -0.3 is 0 Å². The average Bonchev–Trinajstić information content (AvgIpc) is 2.68. The Kier molecular flexibility index (Phi) is 3.42. The van der Waals surface area contributed by atoms with E-state index in [0.717, 1.165) is 18.4 Å². The first kappa shape index (κ1) is 10.7. The zero-order chi connectivity index (χ0) is 10.7. The van der Waals surface area contributed by atoms with Crippen LogP contribution in [-0.4, -0.2) is 18.0 Å². The first-order valence-corrected chi connectivity index (χ1v) is 6.02. The summed E-state index contributed by atoms with van der Waals surface area (Å²) in [4.78, 5) is 2.58. The lowest BCUT2D eigenvalue weighted by Gasteiger charge is -2.17. The number of likely N-dealkylation sites (tertiary alicyclic amines) is 1. The standard InChI is InChI=1S/C14H21N/c1-12(2)14-8-9-15(11-14)10-13-6-4-3-5-7-13/h3-7,12,14H,8-11H2,1-2H3/t14-/m0/s1. The topological polar surface area (TPSA) is 3.24 Å². The molecule has 1 heteroatoms. The first-order valence-electron chi connectivity index (χ1n) is 6.02. The van der Waals surface area contributed by atoms with E-state index in [1.54, 1.807) is 0 Å². The fraction of sp³-hybridized carbons (Fsp3) is 0.571. The lowest BCUT2D eigenvalue weighted by atomic mass is 9.95. The van der Waals surface area contributed by atoms with Crippen LogP contribution in [0.4, 0.5) is 0 Å². The summed E-state index contributed by atoms with van der Waals surface area (Å²) in [5.74, 6) is 1.75. The summed E-state index contributed by atoms with van der Waals surface area (Å²) < 4.78 is 0. The summed E-state index contributed by atoms with van der Waals surface area (Å²) in [5, 5.41) is 0. The molecule has 0 aromatic heterocycles. The highest BCUT2D eigenvalue weighted by atomic mass is 15.1. The molecule has 1 fully saturated rings. The van der Waals surface area contributed by atoms with Crippen LogP contribution >= 0.6 is 0 Å². The Morgan fingerprint density at radius 3 is 2.60 bits per heavy atom. The molecule has 2 rings (SSSR count). The number of nitrogens with zero attached hydrogens (tertiary/aromatic N) is 1. The summed E-state index contributed by atoms with van der Waals surface area (Å²) in [6.45, 7) is 8.38. The Morgan fingerprint density at radius 2 is 2.00 bits per heavy atom. The SMILES string of the molecule is CC(C)[C@H]1CCN(Cc2ccccc2)C1. The van der Waals surface area contributed by atoms with E-state index >= 15 is 0 Å². The Labute approximate surface area is 93.1 Å². The van der Waals surface area contributed by atoms with E-state index in [9.17, 15) is 0 Å². The van der Waals surface area contributed by atoms with Crippen LogP contribution < -0.4 is 0 Å². The minimum Gasteiger partial charge on any atom is -0.299 e. The van der Waals surface area contributed by atoms with E-state index in [0.29, 0.717) is 0 Å². The van der Waals surface area contributed by atoms with E-state index < -0.39 is 0 Å². The van der Waals surface area contributed by atoms with Crippen molar-refractivity contribution < 1.29 is 0 Å². The molecule has 0 aliphatic carbocycles. The molecule has 1 saturated heterocycles. The molecule has 1 aromatic carbocycles. The third-order valence-electron chi connectivity index (χ3n) is 3.50. The first-order chi connectivity index (χ1) is 7.25. The lowest BCUT2D eigenvalue weighted by Crippen LogP contribution is -2.21. The zero-order valence-corrected chi connectivity index (χ0v) is 9.82. The van der Waals surface area contributed by atoms with E-state index in [-0.39, 0.29) is 0 Å². The molecule has 1 heterocycles. The van der Waals surface area contributed by atoms with Crippen LogP contribution in [0.3, 0.4) is 0 Å². The Morgan fingerprint density at radius 1 is 1.27 bits per heavy atom. The van der Waals surface area contributed by atoms with Crippen LogP contribution in [0, 0.1) is 11.8 Å². The minimum atomic E-state index is 0.839. The van der Waals surface area contributed by atoms with Crippen molar-refractivity contribution in [1.29, 1.82) is 0 Å². The highest BCUT2D eigenvalue weighted by Gasteiger charge is 2.24. The second kappa shape index (κ2) is 4.80. The summed E-state index contributed by atoms with van der Waals surface area (Å²) in [6.07, 6.45) is 1.38. The van der Waals surface area contributed by atoms with Gasteiger partial charge in [0.15, 0.2) is 0 Å². The summed E-state index contributed by atoms with van der Waals surface area (Å²) in [6, 6.07) is 10.8. The average molecular weight is 203 g/mol. The maximum Gasteiger partial charge on any atom is 0.0233 e. The maximum absolute atomic E-state index is 2.58. The van der Waals surface area contributed by atoms with Gasteiger partial charge in [-0.2, -0.15) is 0 Å². The van der Waals surface area contributed by atoms with Crippen molar-refractivity contribution in [3.8, 4) is 0 Å². The van der Waals surface area contributed by atoms with Gasteiger partial charge in [0.1, 0.15) is 0 Å². The quantitative estimate of drug-likeness (QED) is 0.729. The Bertz CT molecular complexity index is 291. The minimum absolute atomic E-state index is 0.839. The summed E-state index contributed by atoms with van der Waals surface area (Å²) >= 11 is 0. The van der Waals surface area contributed by atoms with Gasteiger partial charge in [0, 0.05) is 13.1 Å². The van der Waals surface area contributed by atoms with E-state index in [2.05, 4.69) is 49.1 Å². The summed E-state index contributed by atoms with van der Waals surface area (Å²) in [7, 11) is 0. The number of hydrogen-bond donors (Lipinski definition) is 0. The predicted octanol–water partition coefficient (Wildman–Crippen LogP) is 3.16. The van der Waals surface area contributed by atoms with Crippen LogP contribution in [-0.2, 0) is 6.54 Å². The molecule has 0 N–H and O–H groups in total. The van der Waals surface area contributed by atoms with E-state index in [1.165, 1.54) is 25.1 Å². The molecule has 1 atom stereocenters. The van der Waals surface area contributed by atoms with Crippen LogP contribution in [0.2, 0.25) is 0 Å². The normalized spacial score (nSPS) is 22.5. The zero-order valence-electron chi connectivity index (χ0n) is 9.82. The molecule has 1 nitrogen and oxygen atoms in total. The molecule has 1 aliphatic heterocycles. The molecule has 1 aromatic rings. The van der Waals surface area contributed by atoms with E-state index in [4.69, 9.17) is 0 Å². The number of benzene rings is 1. The largest absolute Gasteiger partial charge is 0.299 e. The Balaban J connectivity index is 1.88. The Hall–Kier alpha value is -0.820. The molecular formula is C14H21N. The van der Waals surface area contributed by atoms with Crippen molar-refractivity contribution in [2.45, 2.75) is 26.8 Å². The monoisotopic (exact) mass is 203 g/mol. The van der Waals surface area contributed by atoms with Gasteiger partial charge in [-0.05, 0) is 30.4 Å².